The third-order valence-electron chi connectivity index (χ3n) is 2.49. The number of halogens is 1. The van der Waals surface area contributed by atoms with Gasteiger partial charge in [0.2, 0.25) is 0 Å². The van der Waals surface area contributed by atoms with E-state index >= 15 is 0 Å². The van der Waals surface area contributed by atoms with E-state index in [0.29, 0.717) is 17.1 Å². The van der Waals surface area contributed by atoms with Crippen LogP contribution in [0.5, 0.6) is 0 Å². The van der Waals surface area contributed by atoms with E-state index in [2.05, 4.69) is 0 Å². The SMILES string of the molecule is CC(C)(C)OC(=O)CS(=O)(=O)Cc1ccc(CN)cc1Cl. The van der Waals surface area contributed by atoms with Crippen LogP contribution in [0, 0.1) is 0 Å². The van der Waals surface area contributed by atoms with Gasteiger partial charge in [-0.05, 0) is 38.0 Å². The second-order valence-corrected chi connectivity index (χ2v) is 8.22. The Morgan fingerprint density at radius 2 is 1.95 bits per heavy atom. The molecule has 0 saturated carbocycles. The maximum Gasteiger partial charge on any atom is 0.321 e. The molecule has 0 spiro atoms. The number of hydrogen-bond acceptors (Lipinski definition) is 5. The zero-order valence-electron chi connectivity index (χ0n) is 12.3. The molecule has 0 unspecified atom stereocenters. The molecule has 0 heterocycles. The van der Waals surface area contributed by atoms with Crippen molar-refractivity contribution in [3.63, 3.8) is 0 Å². The van der Waals surface area contributed by atoms with Crippen molar-refractivity contribution in [2.45, 2.75) is 38.7 Å². The second-order valence-electron chi connectivity index (χ2n) is 5.75. The number of benzene rings is 1. The summed E-state index contributed by atoms with van der Waals surface area (Å²) in [7, 11) is -3.64. The van der Waals surface area contributed by atoms with E-state index in [-0.39, 0.29) is 5.75 Å². The summed E-state index contributed by atoms with van der Waals surface area (Å²) in [5, 5.41) is 0.325. The Morgan fingerprint density at radius 3 is 2.43 bits per heavy atom. The van der Waals surface area contributed by atoms with Crippen molar-refractivity contribution in [2.24, 2.45) is 5.73 Å². The van der Waals surface area contributed by atoms with Gasteiger partial charge in [0.1, 0.15) is 11.4 Å². The Hall–Kier alpha value is -1.11. The summed E-state index contributed by atoms with van der Waals surface area (Å²) in [6.45, 7) is 5.37. The number of carbonyl (C=O) groups excluding carboxylic acids is 1. The minimum atomic E-state index is -3.64. The Bertz CT molecular complexity index is 620. The van der Waals surface area contributed by atoms with E-state index < -0.39 is 27.2 Å². The summed E-state index contributed by atoms with van der Waals surface area (Å²) < 4.78 is 29.0. The molecule has 0 aliphatic heterocycles. The number of ether oxygens (including phenoxy) is 1. The van der Waals surface area contributed by atoms with Crippen molar-refractivity contribution in [1.29, 1.82) is 0 Å². The van der Waals surface area contributed by atoms with Crippen LogP contribution in [-0.2, 0) is 31.7 Å². The van der Waals surface area contributed by atoms with E-state index in [1.165, 1.54) is 0 Å². The molecular formula is C14H20ClNO4S. The van der Waals surface area contributed by atoms with Crippen LogP contribution >= 0.6 is 11.6 Å². The highest BCUT2D eigenvalue weighted by molar-refractivity contribution is 7.91. The smallest absolute Gasteiger partial charge is 0.321 e. The second kappa shape index (κ2) is 6.77. The molecule has 21 heavy (non-hydrogen) atoms. The quantitative estimate of drug-likeness (QED) is 0.833. The van der Waals surface area contributed by atoms with Gasteiger partial charge in [-0.15, -0.1) is 0 Å². The molecule has 1 rings (SSSR count). The van der Waals surface area contributed by atoms with E-state index in [0.717, 1.165) is 5.56 Å². The van der Waals surface area contributed by atoms with E-state index in [4.69, 9.17) is 22.1 Å². The molecular weight excluding hydrogens is 314 g/mol. The molecule has 0 fully saturated rings. The van der Waals surface area contributed by atoms with Crippen molar-refractivity contribution < 1.29 is 17.9 Å². The zero-order valence-corrected chi connectivity index (χ0v) is 13.9. The number of hydrogen-bond donors (Lipinski definition) is 1. The van der Waals surface area contributed by atoms with Gasteiger partial charge in [0, 0.05) is 11.6 Å². The summed E-state index contributed by atoms with van der Waals surface area (Å²) in [5.41, 5.74) is 6.02. The van der Waals surface area contributed by atoms with Gasteiger partial charge < -0.3 is 10.5 Å². The van der Waals surface area contributed by atoms with Crippen LogP contribution < -0.4 is 5.73 Å². The Labute approximate surface area is 130 Å². The average Bonchev–Trinajstić information content (AvgIpc) is 2.28. The first-order valence-corrected chi connectivity index (χ1v) is 8.62. The lowest BCUT2D eigenvalue weighted by molar-refractivity contribution is -0.151. The first-order valence-electron chi connectivity index (χ1n) is 6.42. The standard InChI is InChI=1S/C14H20ClNO4S/c1-14(2,3)20-13(17)9-21(18,19)8-11-5-4-10(7-16)6-12(11)15/h4-6H,7-9,16H2,1-3H3. The van der Waals surface area contributed by atoms with Crippen molar-refractivity contribution >= 4 is 27.4 Å². The lowest BCUT2D eigenvalue weighted by Crippen LogP contribution is -2.29. The predicted octanol–water partition coefficient (Wildman–Crippen LogP) is 2.06. The van der Waals surface area contributed by atoms with Crippen molar-refractivity contribution in [2.75, 3.05) is 5.75 Å². The lowest BCUT2D eigenvalue weighted by Gasteiger charge is -2.19. The molecule has 5 nitrogen and oxygen atoms in total. The topological polar surface area (TPSA) is 86.5 Å². The summed E-state index contributed by atoms with van der Waals surface area (Å²) in [5.74, 6) is -1.74. The Morgan fingerprint density at radius 1 is 1.33 bits per heavy atom. The Kier molecular flexibility index (Phi) is 5.78. The van der Waals surface area contributed by atoms with Crippen LogP contribution in [0.25, 0.3) is 0 Å². The molecule has 0 radical (unpaired) electrons. The minimum Gasteiger partial charge on any atom is -0.459 e. The fraction of sp³-hybridized carbons (Fsp3) is 0.500. The largest absolute Gasteiger partial charge is 0.459 e. The average molecular weight is 334 g/mol. The maximum atomic E-state index is 12.0. The van der Waals surface area contributed by atoms with Gasteiger partial charge >= 0.3 is 5.97 Å². The van der Waals surface area contributed by atoms with Crippen LogP contribution in [0.15, 0.2) is 18.2 Å². The van der Waals surface area contributed by atoms with Crippen LogP contribution in [0.1, 0.15) is 31.9 Å². The van der Waals surface area contributed by atoms with Gasteiger partial charge in [-0.3, -0.25) is 4.79 Å². The summed E-state index contributed by atoms with van der Waals surface area (Å²) in [6, 6.07) is 4.95. The molecule has 0 bridgehead atoms. The number of carbonyl (C=O) groups is 1. The van der Waals surface area contributed by atoms with Crippen LogP contribution in [0.4, 0.5) is 0 Å². The summed E-state index contributed by atoms with van der Waals surface area (Å²) >= 11 is 6.02. The third-order valence-corrected chi connectivity index (χ3v) is 4.26. The molecule has 7 heteroatoms. The van der Waals surface area contributed by atoms with Gasteiger partial charge in [0.25, 0.3) is 0 Å². The highest BCUT2D eigenvalue weighted by Gasteiger charge is 2.23. The molecule has 0 aromatic heterocycles. The number of sulfone groups is 1. The van der Waals surface area contributed by atoms with Crippen molar-refractivity contribution in [1.82, 2.24) is 0 Å². The van der Waals surface area contributed by atoms with Crippen molar-refractivity contribution in [3.05, 3.63) is 34.3 Å². The van der Waals surface area contributed by atoms with E-state index in [1.807, 2.05) is 0 Å². The first-order chi connectivity index (χ1) is 9.52. The van der Waals surface area contributed by atoms with Crippen LogP contribution in [0.3, 0.4) is 0 Å². The van der Waals surface area contributed by atoms with Crippen LogP contribution in [0.2, 0.25) is 5.02 Å². The summed E-state index contributed by atoms with van der Waals surface area (Å²) in [6.07, 6.45) is 0. The van der Waals surface area contributed by atoms with Gasteiger partial charge in [-0.2, -0.15) is 0 Å². The fourth-order valence-corrected chi connectivity index (χ4v) is 3.27. The van der Waals surface area contributed by atoms with E-state index in [9.17, 15) is 13.2 Å². The lowest BCUT2D eigenvalue weighted by atomic mass is 10.1. The van der Waals surface area contributed by atoms with Gasteiger partial charge in [0.05, 0.1) is 5.75 Å². The molecule has 118 valence electrons. The zero-order chi connectivity index (χ0) is 16.3. The van der Waals surface area contributed by atoms with Gasteiger partial charge in [-0.25, -0.2) is 8.42 Å². The maximum absolute atomic E-state index is 12.0. The molecule has 0 atom stereocenters. The number of esters is 1. The number of nitrogens with two attached hydrogens (primary N) is 1. The molecule has 1 aromatic carbocycles. The first kappa shape index (κ1) is 17.9. The molecule has 0 aliphatic carbocycles. The Balaban J connectivity index is 2.79. The number of rotatable bonds is 5. The van der Waals surface area contributed by atoms with Gasteiger partial charge in [0.15, 0.2) is 9.84 Å². The third kappa shape index (κ3) is 6.46. The molecule has 0 saturated heterocycles. The molecule has 2 N–H and O–H groups in total. The van der Waals surface area contributed by atoms with Gasteiger partial charge in [-0.1, -0.05) is 23.7 Å². The summed E-state index contributed by atoms with van der Waals surface area (Å²) in [4.78, 5) is 11.6. The molecule has 0 amide bonds. The highest BCUT2D eigenvalue weighted by Crippen LogP contribution is 2.20. The molecule has 1 aromatic rings. The van der Waals surface area contributed by atoms with Crippen molar-refractivity contribution in [3.8, 4) is 0 Å². The highest BCUT2D eigenvalue weighted by atomic mass is 35.5. The monoisotopic (exact) mass is 333 g/mol. The molecule has 0 aliphatic rings. The fourth-order valence-electron chi connectivity index (χ4n) is 1.67. The normalized spacial score (nSPS) is 12.2. The van der Waals surface area contributed by atoms with E-state index in [1.54, 1.807) is 39.0 Å². The minimum absolute atomic E-state index is 0.310. The predicted molar refractivity (Wildman–Crippen MR) is 82.7 cm³/mol. The van der Waals surface area contributed by atoms with Crippen LogP contribution in [-0.4, -0.2) is 25.7 Å².